The fourth-order valence-electron chi connectivity index (χ4n) is 3.51. The predicted molar refractivity (Wildman–Crippen MR) is 118 cm³/mol. The number of ether oxygens (including phenoxy) is 1. The number of benzene rings is 1. The van der Waals surface area contributed by atoms with Crippen molar-refractivity contribution in [2.24, 2.45) is 0 Å². The number of amides is 1. The number of carbonyl (C=O) groups excluding carboxylic acids is 1. The minimum absolute atomic E-state index is 0. The lowest BCUT2D eigenvalue weighted by Gasteiger charge is -2.34. The number of halogens is 2. The van der Waals surface area contributed by atoms with Gasteiger partial charge >= 0.3 is 0 Å². The summed E-state index contributed by atoms with van der Waals surface area (Å²) in [5.74, 6) is -0.236. The Balaban J connectivity index is 0.00000210. The molecule has 1 amide bonds. The van der Waals surface area contributed by atoms with E-state index in [0.29, 0.717) is 57.8 Å². The van der Waals surface area contributed by atoms with Gasteiger partial charge in [0.25, 0.3) is 5.91 Å². The van der Waals surface area contributed by atoms with Gasteiger partial charge in [0, 0.05) is 39.0 Å². The second-order valence-corrected chi connectivity index (χ2v) is 9.08. The molecule has 1 aromatic rings. The van der Waals surface area contributed by atoms with Crippen LogP contribution in [-0.4, -0.2) is 82.6 Å². The molecule has 2 aliphatic rings. The minimum atomic E-state index is -3.58. The van der Waals surface area contributed by atoms with Crippen LogP contribution < -0.4 is 10.6 Å². The van der Waals surface area contributed by atoms with E-state index in [9.17, 15) is 13.2 Å². The van der Waals surface area contributed by atoms with Gasteiger partial charge in [-0.25, -0.2) is 8.42 Å². The number of piperazine rings is 1. The Labute approximate surface area is 185 Å². The van der Waals surface area contributed by atoms with Crippen molar-refractivity contribution in [1.82, 2.24) is 14.5 Å². The molecule has 2 N–H and O–H groups in total. The van der Waals surface area contributed by atoms with E-state index in [1.165, 1.54) is 10.4 Å². The molecule has 166 valence electrons. The highest BCUT2D eigenvalue weighted by molar-refractivity contribution is 7.89. The summed E-state index contributed by atoms with van der Waals surface area (Å²) >= 11 is 0. The summed E-state index contributed by atoms with van der Waals surface area (Å²) in [6.07, 6.45) is 1.16. The molecular weight excluding hydrogens is 439 g/mol. The number of nitrogens with one attached hydrogen (secondary N) is 2. The molecule has 0 bridgehead atoms. The van der Waals surface area contributed by atoms with Crippen LogP contribution in [0.25, 0.3) is 0 Å². The van der Waals surface area contributed by atoms with Crippen LogP contribution in [0, 0.1) is 0 Å². The Bertz CT molecular complexity index is 780. The van der Waals surface area contributed by atoms with Gasteiger partial charge in [-0.2, -0.15) is 4.31 Å². The third-order valence-corrected chi connectivity index (χ3v) is 7.30. The molecule has 2 saturated heterocycles. The molecule has 2 fully saturated rings. The van der Waals surface area contributed by atoms with Crippen LogP contribution in [0.2, 0.25) is 0 Å². The van der Waals surface area contributed by atoms with Crippen molar-refractivity contribution in [3.8, 4) is 0 Å². The molecule has 0 atom stereocenters. The topological polar surface area (TPSA) is 91.0 Å². The average molecular weight is 469 g/mol. The molecule has 0 spiro atoms. The van der Waals surface area contributed by atoms with Crippen molar-refractivity contribution in [3.63, 3.8) is 0 Å². The number of hydrogen-bond donors (Lipinski definition) is 2. The number of nitrogens with zero attached hydrogens (tertiary/aromatic N) is 2. The molecule has 0 aromatic heterocycles. The van der Waals surface area contributed by atoms with Crippen LogP contribution in [0.15, 0.2) is 29.2 Å². The highest BCUT2D eigenvalue weighted by Crippen LogP contribution is 2.26. The number of likely N-dealkylation sites (N-methyl/N-ethyl adjacent to an activating group) is 1. The van der Waals surface area contributed by atoms with E-state index in [0.717, 1.165) is 0 Å². The zero-order valence-electron chi connectivity index (χ0n) is 16.7. The molecule has 3 rings (SSSR count). The lowest BCUT2D eigenvalue weighted by atomic mass is 9.91. The van der Waals surface area contributed by atoms with Gasteiger partial charge in [-0.05, 0) is 51.2 Å². The third kappa shape index (κ3) is 5.81. The van der Waals surface area contributed by atoms with Gasteiger partial charge in [-0.15, -0.1) is 24.8 Å². The molecule has 2 aliphatic heterocycles. The molecule has 0 aliphatic carbocycles. The smallest absolute Gasteiger partial charge is 0.256 e. The summed E-state index contributed by atoms with van der Waals surface area (Å²) in [5.41, 5.74) is -0.414. The first-order valence-electron chi connectivity index (χ1n) is 9.23. The third-order valence-electron chi connectivity index (χ3n) is 5.41. The van der Waals surface area contributed by atoms with E-state index < -0.39 is 15.6 Å². The van der Waals surface area contributed by atoms with Crippen molar-refractivity contribution >= 4 is 46.4 Å². The van der Waals surface area contributed by atoms with Gasteiger partial charge in [-0.1, -0.05) is 6.07 Å². The zero-order chi connectivity index (χ0) is 19.5. The van der Waals surface area contributed by atoms with Gasteiger partial charge in [0.1, 0.15) is 5.60 Å². The van der Waals surface area contributed by atoms with E-state index >= 15 is 0 Å². The Morgan fingerprint density at radius 1 is 1.14 bits per heavy atom. The first kappa shape index (κ1) is 26.1. The van der Waals surface area contributed by atoms with Crippen LogP contribution >= 0.6 is 24.8 Å². The first-order valence-corrected chi connectivity index (χ1v) is 10.7. The normalized spacial score (nSPS) is 20.2. The second kappa shape index (κ2) is 10.9. The van der Waals surface area contributed by atoms with Gasteiger partial charge < -0.3 is 20.3 Å². The maximum absolute atomic E-state index is 12.9. The van der Waals surface area contributed by atoms with Gasteiger partial charge in [0.05, 0.1) is 4.90 Å². The van der Waals surface area contributed by atoms with E-state index in [2.05, 4.69) is 15.5 Å². The molecule has 2 heterocycles. The predicted octanol–water partition coefficient (Wildman–Crippen LogP) is 1.17. The van der Waals surface area contributed by atoms with Crippen LogP contribution in [0.1, 0.15) is 12.8 Å². The standard InChI is InChI=1S/C18H28N4O4S.2ClH/c1-21-10-12-22(13-11-21)27(24,25)16-5-3-4-15(14-16)20-17(23)18(26-2)6-8-19-9-7-18;;/h3-5,14,19H,6-13H2,1-2H3,(H,20,23);2*1H. The number of carbonyl (C=O) groups is 1. The molecule has 0 saturated carbocycles. The number of rotatable bonds is 5. The Kier molecular flexibility index (Phi) is 9.81. The summed E-state index contributed by atoms with van der Waals surface area (Å²) in [6.45, 7) is 3.77. The minimum Gasteiger partial charge on any atom is -0.368 e. The summed E-state index contributed by atoms with van der Waals surface area (Å²) in [5, 5.41) is 6.06. The van der Waals surface area contributed by atoms with Crippen molar-refractivity contribution in [3.05, 3.63) is 24.3 Å². The maximum atomic E-state index is 12.9. The number of sulfonamides is 1. The monoisotopic (exact) mass is 468 g/mol. The van der Waals surface area contributed by atoms with E-state index in [-0.39, 0.29) is 35.6 Å². The highest BCUT2D eigenvalue weighted by atomic mass is 35.5. The molecule has 0 radical (unpaired) electrons. The van der Waals surface area contributed by atoms with Gasteiger partial charge in [0.2, 0.25) is 10.0 Å². The largest absolute Gasteiger partial charge is 0.368 e. The van der Waals surface area contributed by atoms with Crippen LogP contribution in [0.4, 0.5) is 5.69 Å². The fourth-order valence-corrected chi connectivity index (χ4v) is 4.98. The quantitative estimate of drug-likeness (QED) is 0.673. The number of anilines is 1. The van der Waals surface area contributed by atoms with Crippen molar-refractivity contribution in [2.75, 3.05) is 58.7 Å². The average Bonchev–Trinajstić information content (AvgIpc) is 2.69. The molecule has 29 heavy (non-hydrogen) atoms. The lowest BCUT2D eigenvalue weighted by Crippen LogP contribution is -2.51. The first-order chi connectivity index (χ1) is 12.9. The van der Waals surface area contributed by atoms with Gasteiger partial charge in [0.15, 0.2) is 0 Å². The summed E-state index contributed by atoms with van der Waals surface area (Å²) in [6, 6.07) is 6.45. The molecule has 8 nitrogen and oxygen atoms in total. The van der Waals surface area contributed by atoms with Crippen LogP contribution in [0.3, 0.4) is 0 Å². The van der Waals surface area contributed by atoms with Crippen molar-refractivity contribution in [1.29, 1.82) is 0 Å². The molecule has 1 aromatic carbocycles. The number of methoxy groups -OCH3 is 1. The summed E-state index contributed by atoms with van der Waals surface area (Å²) in [4.78, 5) is 15.1. The Morgan fingerprint density at radius 2 is 1.76 bits per heavy atom. The summed E-state index contributed by atoms with van der Waals surface area (Å²) < 4.78 is 32.9. The Hall–Kier alpha value is -0.940. The van der Waals surface area contributed by atoms with Crippen molar-refractivity contribution in [2.45, 2.75) is 23.3 Å². The van der Waals surface area contributed by atoms with E-state index in [4.69, 9.17) is 4.74 Å². The van der Waals surface area contributed by atoms with Crippen LogP contribution in [0.5, 0.6) is 0 Å². The second-order valence-electron chi connectivity index (χ2n) is 7.14. The molecule has 11 heteroatoms. The molecular formula is C18H30Cl2N4O4S. The molecule has 0 unspecified atom stereocenters. The fraction of sp³-hybridized carbons (Fsp3) is 0.611. The van der Waals surface area contributed by atoms with Crippen LogP contribution in [-0.2, 0) is 19.6 Å². The zero-order valence-corrected chi connectivity index (χ0v) is 19.2. The van der Waals surface area contributed by atoms with Crippen molar-refractivity contribution < 1.29 is 17.9 Å². The highest BCUT2D eigenvalue weighted by Gasteiger charge is 2.39. The van der Waals surface area contributed by atoms with E-state index in [1.807, 2.05) is 7.05 Å². The van der Waals surface area contributed by atoms with Gasteiger partial charge in [-0.3, -0.25) is 4.79 Å². The van der Waals surface area contributed by atoms with E-state index in [1.54, 1.807) is 25.3 Å². The Morgan fingerprint density at radius 3 is 2.34 bits per heavy atom. The summed E-state index contributed by atoms with van der Waals surface area (Å²) in [7, 11) is -0.0558. The number of piperidine rings is 1. The SMILES string of the molecule is COC1(C(=O)Nc2cccc(S(=O)(=O)N3CCN(C)CC3)c2)CCNCC1.Cl.Cl. The maximum Gasteiger partial charge on any atom is 0.256 e. The lowest BCUT2D eigenvalue weighted by molar-refractivity contribution is -0.140. The number of hydrogen-bond acceptors (Lipinski definition) is 6.